The summed E-state index contributed by atoms with van der Waals surface area (Å²) in [4.78, 5) is 0. The van der Waals surface area contributed by atoms with Crippen LogP contribution in [0.1, 0.15) is 40.5 Å². The first-order valence-corrected chi connectivity index (χ1v) is 8.25. The zero-order valence-corrected chi connectivity index (χ0v) is 14.7. The molecule has 0 saturated carbocycles. The fourth-order valence-electron chi connectivity index (χ4n) is 3.18. The monoisotopic (exact) mass is 330 g/mol. The highest BCUT2D eigenvalue weighted by Crippen LogP contribution is 2.46. The van der Waals surface area contributed by atoms with E-state index in [0.717, 1.165) is 12.8 Å². The number of ether oxygens (including phenoxy) is 4. The molecule has 6 nitrogen and oxygen atoms in total. The fourth-order valence-corrected chi connectivity index (χ4v) is 3.18. The molecule has 2 aliphatic heterocycles. The number of allylic oxidation sites excluding steroid dienone is 1. The van der Waals surface area contributed by atoms with Crippen LogP contribution in [0.2, 0.25) is 0 Å². The molecule has 6 heteroatoms. The van der Waals surface area contributed by atoms with Gasteiger partial charge in [-0.05, 0) is 38.7 Å². The molecule has 4 atom stereocenters. The van der Waals surface area contributed by atoms with Gasteiger partial charge < -0.3 is 29.2 Å². The van der Waals surface area contributed by atoms with Crippen molar-refractivity contribution in [2.45, 2.75) is 69.9 Å². The predicted molar refractivity (Wildman–Crippen MR) is 84.8 cm³/mol. The van der Waals surface area contributed by atoms with Crippen LogP contribution in [-0.4, -0.2) is 59.9 Å². The third-order valence-corrected chi connectivity index (χ3v) is 4.44. The highest BCUT2D eigenvalue weighted by molar-refractivity contribution is 5.19. The highest BCUT2D eigenvalue weighted by atomic mass is 16.8. The van der Waals surface area contributed by atoms with E-state index in [1.165, 1.54) is 7.11 Å². The van der Waals surface area contributed by atoms with E-state index in [9.17, 15) is 10.2 Å². The fraction of sp³-hybridized carbons (Fsp3) is 0.882. The van der Waals surface area contributed by atoms with E-state index in [4.69, 9.17) is 18.9 Å². The molecule has 2 N–H and O–H groups in total. The highest BCUT2D eigenvalue weighted by Gasteiger charge is 2.66. The Labute approximate surface area is 138 Å². The van der Waals surface area contributed by atoms with Gasteiger partial charge in [0.15, 0.2) is 11.4 Å². The molecule has 0 amide bonds. The summed E-state index contributed by atoms with van der Waals surface area (Å²) in [5.74, 6) is -1.69. The number of methoxy groups -OCH3 is 1. The third kappa shape index (κ3) is 3.62. The Kier molecular flexibility index (Phi) is 5.55. The summed E-state index contributed by atoms with van der Waals surface area (Å²) in [7, 11) is 1.46. The van der Waals surface area contributed by atoms with Crippen molar-refractivity contribution in [3.63, 3.8) is 0 Å². The van der Waals surface area contributed by atoms with Gasteiger partial charge in [0.1, 0.15) is 18.8 Å². The van der Waals surface area contributed by atoms with Crippen molar-refractivity contribution in [1.29, 1.82) is 0 Å². The van der Waals surface area contributed by atoms with Gasteiger partial charge >= 0.3 is 0 Å². The summed E-state index contributed by atoms with van der Waals surface area (Å²) < 4.78 is 22.6. The molecule has 2 aliphatic rings. The van der Waals surface area contributed by atoms with Crippen LogP contribution in [0.3, 0.4) is 0 Å². The van der Waals surface area contributed by atoms with E-state index >= 15 is 0 Å². The van der Waals surface area contributed by atoms with Crippen LogP contribution in [0, 0.1) is 5.92 Å². The van der Waals surface area contributed by atoms with Gasteiger partial charge in [0.05, 0.1) is 6.61 Å². The van der Waals surface area contributed by atoms with Crippen molar-refractivity contribution in [3.05, 3.63) is 12.2 Å². The van der Waals surface area contributed by atoms with Crippen LogP contribution < -0.4 is 0 Å². The predicted octanol–water partition coefficient (Wildman–Crippen LogP) is 1.60. The number of hydrogen-bond acceptors (Lipinski definition) is 6. The maximum atomic E-state index is 11.3. The smallest absolute Gasteiger partial charge is 0.230 e. The van der Waals surface area contributed by atoms with Crippen LogP contribution in [-0.2, 0) is 18.9 Å². The molecule has 0 radical (unpaired) electrons. The molecular weight excluding hydrogens is 300 g/mol. The summed E-state index contributed by atoms with van der Waals surface area (Å²) in [6.07, 6.45) is 3.54. The normalized spacial score (nSPS) is 40.5. The number of aliphatic hydroxyl groups excluding tert-OH is 1. The van der Waals surface area contributed by atoms with Crippen LogP contribution in [0.15, 0.2) is 12.2 Å². The number of hydrogen-bond donors (Lipinski definition) is 2. The summed E-state index contributed by atoms with van der Waals surface area (Å²) in [5.41, 5.74) is -1.63. The molecule has 0 aromatic rings. The summed E-state index contributed by atoms with van der Waals surface area (Å²) >= 11 is 0. The zero-order chi connectivity index (χ0) is 17.3. The standard InChI is InChI=1S/C17H30O6/c1-12(2)8-6-7-9-16(19)14(20-5)13(18)10-21-17(16)11-22-15(3,4)23-17/h7,9,12-14,18-19H,6,8,10-11H2,1-5H3/t13-,14-,16-,17+/m1/s1. The molecule has 2 fully saturated rings. The average molecular weight is 330 g/mol. The molecule has 2 saturated heterocycles. The Morgan fingerprint density at radius 2 is 2.00 bits per heavy atom. The van der Waals surface area contributed by atoms with Crippen molar-refractivity contribution in [2.75, 3.05) is 20.3 Å². The van der Waals surface area contributed by atoms with E-state index in [2.05, 4.69) is 13.8 Å². The molecule has 1 spiro atoms. The molecule has 0 aliphatic carbocycles. The lowest BCUT2D eigenvalue weighted by Crippen LogP contribution is -2.71. The molecule has 2 heterocycles. The third-order valence-electron chi connectivity index (χ3n) is 4.44. The molecule has 0 bridgehead atoms. The minimum Gasteiger partial charge on any atom is -0.388 e. The lowest BCUT2D eigenvalue weighted by atomic mass is 9.81. The first kappa shape index (κ1) is 18.8. The quantitative estimate of drug-likeness (QED) is 0.746. The van der Waals surface area contributed by atoms with Gasteiger partial charge in [0, 0.05) is 7.11 Å². The maximum absolute atomic E-state index is 11.3. The van der Waals surface area contributed by atoms with Gasteiger partial charge in [-0.15, -0.1) is 0 Å². The summed E-state index contributed by atoms with van der Waals surface area (Å²) in [5, 5.41) is 21.5. The minimum atomic E-state index is -1.63. The Balaban J connectivity index is 2.29. The molecular formula is C17H30O6. The van der Waals surface area contributed by atoms with Crippen molar-refractivity contribution in [1.82, 2.24) is 0 Å². The van der Waals surface area contributed by atoms with Crippen LogP contribution in [0.25, 0.3) is 0 Å². The SMILES string of the molecule is CO[C@@H]1[C@H](O)CO[C@]2(COC(C)(C)O2)[C@@]1(O)C=CCCC(C)C. The largest absolute Gasteiger partial charge is 0.388 e. The molecule has 2 rings (SSSR count). The van der Waals surface area contributed by atoms with Crippen molar-refractivity contribution >= 4 is 0 Å². The average Bonchev–Trinajstić information content (AvgIpc) is 2.78. The van der Waals surface area contributed by atoms with E-state index in [0.29, 0.717) is 5.92 Å². The first-order chi connectivity index (χ1) is 10.7. The lowest BCUT2D eigenvalue weighted by Gasteiger charge is -2.50. The van der Waals surface area contributed by atoms with Crippen LogP contribution in [0.4, 0.5) is 0 Å². The Morgan fingerprint density at radius 3 is 2.52 bits per heavy atom. The maximum Gasteiger partial charge on any atom is 0.230 e. The van der Waals surface area contributed by atoms with E-state index in [-0.39, 0.29) is 13.2 Å². The Bertz CT molecular complexity index is 435. The number of aliphatic hydroxyl groups is 2. The number of rotatable bonds is 5. The Morgan fingerprint density at radius 1 is 1.30 bits per heavy atom. The molecule has 0 aromatic heterocycles. The van der Waals surface area contributed by atoms with Crippen molar-refractivity contribution in [3.8, 4) is 0 Å². The molecule has 0 aromatic carbocycles. The lowest BCUT2D eigenvalue weighted by molar-refractivity contribution is -0.365. The molecule has 23 heavy (non-hydrogen) atoms. The van der Waals surface area contributed by atoms with Crippen molar-refractivity contribution in [2.24, 2.45) is 5.92 Å². The second-order valence-electron chi connectivity index (χ2n) is 7.28. The van der Waals surface area contributed by atoms with Gasteiger partial charge in [0.2, 0.25) is 5.79 Å². The molecule has 0 unspecified atom stereocenters. The van der Waals surface area contributed by atoms with Gasteiger partial charge in [-0.1, -0.05) is 19.9 Å². The molecule has 134 valence electrons. The Hall–Kier alpha value is -0.500. The van der Waals surface area contributed by atoms with Gasteiger partial charge in [-0.2, -0.15) is 0 Å². The van der Waals surface area contributed by atoms with Crippen molar-refractivity contribution < 1.29 is 29.2 Å². The summed E-state index contributed by atoms with van der Waals surface area (Å²) in [6.45, 7) is 7.90. The topological polar surface area (TPSA) is 77.4 Å². The van der Waals surface area contributed by atoms with E-state index in [1.807, 2.05) is 6.08 Å². The van der Waals surface area contributed by atoms with Crippen LogP contribution >= 0.6 is 0 Å². The second-order valence-corrected chi connectivity index (χ2v) is 7.28. The van der Waals surface area contributed by atoms with Crippen LogP contribution in [0.5, 0.6) is 0 Å². The zero-order valence-electron chi connectivity index (χ0n) is 14.7. The second kappa shape index (κ2) is 6.78. The first-order valence-electron chi connectivity index (χ1n) is 8.25. The minimum absolute atomic E-state index is 0.0140. The van der Waals surface area contributed by atoms with Gasteiger partial charge in [-0.3, -0.25) is 0 Å². The summed E-state index contributed by atoms with van der Waals surface area (Å²) in [6, 6.07) is 0. The van der Waals surface area contributed by atoms with E-state index < -0.39 is 29.4 Å². The van der Waals surface area contributed by atoms with Gasteiger partial charge in [-0.25, -0.2) is 0 Å². The van der Waals surface area contributed by atoms with E-state index in [1.54, 1.807) is 19.9 Å². The van der Waals surface area contributed by atoms with Gasteiger partial charge in [0.25, 0.3) is 0 Å².